The van der Waals surface area contributed by atoms with Gasteiger partial charge in [-0.15, -0.1) is 0 Å². The molecule has 0 aromatic heterocycles. The molecule has 20 heavy (non-hydrogen) atoms. The third kappa shape index (κ3) is 2.64. The summed E-state index contributed by atoms with van der Waals surface area (Å²) in [6.45, 7) is 2.21. The van der Waals surface area contributed by atoms with Gasteiger partial charge in [0.25, 0.3) is 0 Å². The fourth-order valence-electron chi connectivity index (χ4n) is 3.26. The second-order valence-electron chi connectivity index (χ2n) is 5.78. The van der Waals surface area contributed by atoms with Crippen molar-refractivity contribution in [2.45, 2.75) is 31.7 Å². The summed E-state index contributed by atoms with van der Waals surface area (Å²) in [7, 11) is 2.08. The molecule has 1 N–H and O–H groups in total. The zero-order valence-electron chi connectivity index (χ0n) is 12.3. The first-order chi connectivity index (χ1) is 9.83. The summed E-state index contributed by atoms with van der Waals surface area (Å²) in [6, 6.07) is 20.5. The van der Waals surface area contributed by atoms with Gasteiger partial charge in [0.15, 0.2) is 0 Å². The van der Waals surface area contributed by atoms with Gasteiger partial charge in [-0.1, -0.05) is 61.5 Å². The highest BCUT2D eigenvalue weighted by Crippen LogP contribution is 2.53. The largest absolute Gasteiger partial charge is 0.313 e. The van der Waals surface area contributed by atoms with Crippen molar-refractivity contribution in [1.29, 1.82) is 0 Å². The third-order valence-electron chi connectivity index (χ3n) is 4.55. The zero-order chi connectivity index (χ0) is 13.9. The van der Waals surface area contributed by atoms with E-state index in [9.17, 15) is 0 Å². The van der Waals surface area contributed by atoms with Crippen LogP contribution in [-0.2, 0) is 6.42 Å². The van der Waals surface area contributed by atoms with Crippen LogP contribution < -0.4 is 5.32 Å². The predicted molar refractivity (Wildman–Crippen MR) is 84.9 cm³/mol. The van der Waals surface area contributed by atoms with Crippen LogP contribution in [0.3, 0.4) is 0 Å². The van der Waals surface area contributed by atoms with Crippen molar-refractivity contribution >= 4 is 0 Å². The molecular weight excluding hydrogens is 242 g/mol. The summed E-state index contributed by atoms with van der Waals surface area (Å²) >= 11 is 0. The molecule has 0 spiro atoms. The molecule has 104 valence electrons. The Labute approximate surface area is 122 Å². The number of hydrogen-bond donors (Lipinski definition) is 1. The number of benzene rings is 2. The van der Waals surface area contributed by atoms with E-state index in [0.29, 0.717) is 6.04 Å². The van der Waals surface area contributed by atoms with Gasteiger partial charge in [0.1, 0.15) is 0 Å². The Kier molecular flexibility index (Phi) is 3.88. The Hall–Kier alpha value is -1.60. The molecule has 1 nitrogen and oxygen atoms in total. The molecule has 0 bridgehead atoms. The molecule has 2 aromatic carbocycles. The van der Waals surface area contributed by atoms with Crippen LogP contribution in [0.1, 0.15) is 42.0 Å². The molecule has 3 atom stereocenters. The van der Waals surface area contributed by atoms with Gasteiger partial charge >= 0.3 is 0 Å². The quantitative estimate of drug-likeness (QED) is 0.849. The van der Waals surface area contributed by atoms with Gasteiger partial charge in [-0.2, -0.15) is 0 Å². The van der Waals surface area contributed by atoms with Crippen LogP contribution >= 0.6 is 0 Å². The van der Waals surface area contributed by atoms with Gasteiger partial charge in [-0.05, 0) is 48.4 Å². The highest BCUT2D eigenvalue weighted by atomic mass is 14.9. The Morgan fingerprint density at radius 3 is 2.35 bits per heavy atom. The summed E-state index contributed by atoms with van der Waals surface area (Å²) in [6.07, 6.45) is 2.41. The van der Waals surface area contributed by atoms with E-state index in [2.05, 4.69) is 73.9 Å². The maximum Gasteiger partial charge on any atom is 0.0352 e. The normalized spacial score (nSPS) is 22.5. The molecule has 1 aliphatic rings. The number of rotatable bonds is 5. The second kappa shape index (κ2) is 5.80. The van der Waals surface area contributed by atoms with E-state index in [0.717, 1.165) is 18.3 Å². The average molecular weight is 265 g/mol. The van der Waals surface area contributed by atoms with Crippen LogP contribution in [0.2, 0.25) is 0 Å². The van der Waals surface area contributed by atoms with Gasteiger partial charge < -0.3 is 5.32 Å². The lowest BCUT2D eigenvalue weighted by Gasteiger charge is -2.17. The Balaban J connectivity index is 1.75. The Morgan fingerprint density at radius 2 is 1.75 bits per heavy atom. The highest BCUT2D eigenvalue weighted by molar-refractivity contribution is 5.32. The fraction of sp³-hybridized carbons (Fsp3) is 0.368. The van der Waals surface area contributed by atoms with E-state index < -0.39 is 0 Å². The molecule has 1 aliphatic carbocycles. The number of aryl methyl sites for hydroxylation is 1. The standard InChI is InChI=1S/C19H23N/c1-3-14-9-11-16(12-10-14)19(20-2)18-13-17(18)15-7-5-4-6-8-15/h4-12,17-20H,3,13H2,1-2H3. The van der Waals surface area contributed by atoms with Gasteiger partial charge in [0, 0.05) is 6.04 Å². The molecule has 0 saturated heterocycles. The van der Waals surface area contributed by atoms with Gasteiger partial charge in [-0.25, -0.2) is 0 Å². The van der Waals surface area contributed by atoms with E-state index in [4.69, 9.17) is 0 Å². The van der Waals surface area contributed by atoms with Crippen molar-refractivity contribution in [2.24, 2.45) is 5.92 Å². The van der Waals surface area contributed by atoms with Crippen molar-refractivity contribution in [2.75, 3.05) is 7.05 Å². The molecule has 1 heteroatoms. The third-order valence-corrected chi connectivity index (χ3v) is 4.55. The zero-order valence-corrected chi connectivity index (χ0v) is 12.3. The van der Waals surface area contributed by atoms with Crippen molar-refractivity contribution in [3.63, 3.8) is 0 Å². The summed E-state index contributed by atoms with van der Waals surface area (Å²) in [5.74, 6) is 1.45. The number of hydrogen-bond acceptors (Lipinski definition) is 1. The molecule has 0 radical (unpaired) electrons. The fourth-order valence-corrected chi connectivity index (χ4v) is 3.26. The maximum atomic E-state index is 3.52. The van der Waals surface area contributed by atoms with Crippen LogP contribution in [-0.4, -0.2) is 7.05 Å². The van der Waals surface area contributed by atoms with Crippen LogP contribution in [0.5, 0.6) is 0 Å². The first-order valence-electron chi connectivity index (χ1n) is 7.64. The highest BCUT2D eigenvalue weighted by Gasteiger charge is 2.43. The molecule has 1 saturated carbocycles. The van der Waals surface area contributed by atoms with Crippen LogP contribution in [0.25, 0.3) is 0 Å². The number of nitrogens with one attached hydrogen (secondary N) is 1. The van der Waals surface area contributed by atoms with Crippen LogP contribution in [0.4, 0.5) is 0 Å². The van der Waals surface area contributed by atoms with Crippen molar-refractivity contribution in [3.05, 3.63) is 71.3 Å². The molecule has 0 heterocycles. The minimum atomic E-state index is 0.478. The molecule has 0 aliphatic heterocycles. The Morgan fingerprint density at radius 1 is 1.05 bits per heavy atom. The first-order valence-corrected chi connectivity index (χ1v) is 7.64. The molecule has 3 unspecified atom stereocenters. The first kappa shape index (κ1) is 13.4. The molecule has 1 fully saturated rings. The van der Waals surface area contributed by atoms with Crippen LogP contribution in [0, 0.1) is 5.92 Å². The smallest absolute Gasteiger partial charge is 0.0352 e. The minimum absolute atomic E-state index is 0.478. The topological polar surface area (TPSA) is 12.0 Å². The van der Waals surface area contributed by atoms with E-state index in [-0.39, 0.29) is 0 Å². The van der Waals surface area contributed by atoms with E-state index >= 15 is 0 Å². The van der Waals surface area contributed by atoms with Crippen LogP contribution in [0.15, 0.2) is 54.6 Å². The lowest BCUT2D eigenvalue weighted by Crippen LogP contribution is -2.19. The van der Waals surface area contributed by atoms with E-state index in [1.54, 1.807) is 0 Å². The molecule has 3 rings (SSSR count). The van der Waals surface area contributed by atoms with Crippen molar-refractivity contribution in [3.8, 4) is 0 Å². The van der Waals surface area contributed by atoms with Gasteiger partial charge in [-0.3, -0.25) is 0 Å². The van der Waals surface area contributed by atoms with Gasteiger partial charge in [0.05, 0.1) is 0 Å². The predicted octanol–water partition coefficient (Wildman–Crippen LogP) is 4.31. The SMILES string of the molecule is CCc1ccc(C(NC)C2CC2c2ccccc2)cc1. The lowest BCUT2D eigenvalue weighted by atomic mass is 9.97. The van der Waals surface area contributed by atoms with Crippen molar-refractivity contribution in [1.82, 2.24) is 5.32 Å². The molecular formula is C19H23N. The van der Waals surface area contributed by atoms with Gasteiger partial charge in [0.2, 0.25) is 0 Å². The summed E-state index contributed by atoms with van der Waals surface area (Å²) in [5, 5.41) is 3.52. The maximum absolute atomic E-state index is 3.52. The lowest BCUT2D eigenvalue weighted by molar-refractivity contribution is 0.518. The molecule has 0 amide bonds. The Bertz CT molecular complexity index is 544. The molecule has 2 aromatic rings. The van der Waals surface area contributed by atoms with Crippen molar-refractivity contribution < 1.29 is 0 Å². The minimum Gasteiger partial charge on any atom is -0.313 e. The monoisotopic (exact) mass is 265 g/mol. The second-order valence-corrected chi connectivity index (χ2v) is 5.78. The summed E-state index contributed by atoms with van der Waals surface area (Å²) < 4.78 is 0. The summed E-state index contributed by atoms with van der Waals surface area (Å²) in [5.41, 5.74) is 4.33. The van der Waals surface area contributed by atoms with E-state index in [1.165, 1.54) is 23.1 Å². The van der Waals surface area contributed by atoms with E-state index in [1.807, 2.05) is 0 Å². The summed E-state index contributed by atoms with van der Waals surface area (Å²) in [4.78, 5) is 0. The average Bonchev–Trinajstić information content (AvgIpc) is 3.30.